The number of thiazole rings is 1. The monoisotopic (exact) mass is 274 g/mol. The number of nitrogens with zero attached hydrogens (tertiary/aromatic N) is 1. The molecule has 0 aliphatic carbocycles. The molecule has 1 aromatic heterocycles. The molecule has 102 valence electrons. The second-order valence-corrected chi connectivity index (χ2v) is 6.42. The lowest BCUT2D eigenvalue weighted by atomic mass is 9.98. The number of benzene rings is 1. The standard InChI is InChI=1S/C16H22N2S/c1-5-15-12(4)19-16(18-15)9-14(17)13-7-6-10(2)8-11(13)3/h6-8,14H,5,9,17H2,1-4H3. The van der Waals surface area contributed by atoms with Crippen LogP contribution in [0.4, 0.5) is 0 Å². The van der Waals surface area contributed by atoms with Crippen molar-refractivity contribution in [2.45, 2.75) is 46.6 Å². The van der Waals surface area contributed by atoms with Gasteiger partial charge in [0.1, 0.15) is 0 Å². The number of nitrogens with two attached hydrogens (primary N) is 1. The molecule has 1 heterocycles. The zero-order chi connectivity index (χ0) is 14.0. The third-order valence-electron chi connectivity index (χ3n) is 3.49. The van der Waals surface area contributed by atoms with E-state index in [-0.39, 0.29) is 6.04 Å². The minimum atomic E-state index is 0.0378. The van der Waals surface area contributed by atoms with E-state index < -0.39 is 0 Å². The molecule has 2 rings (SSSR count). The van der Waals surface area contributed by atoms with E-state index in [1.165, 1.54) is 27.3 Å². The predicted octanol–water partition coefficient (Wildman–Crippen LogP) is 3.87. The smallest absolute Gasteiger partial charge is 0.0949 e. The van der Waals surface area contributed by atoms with Crippen molar-refractivity contribution < 1.29 is 0 Å². The number of aromatic nitrogens is 1. The van der Waals surface area contributed by atoms with Crippen LogP contribution >= 0.6 is 11.3 Å². The summed E-state index contributed by atoms with van der Waals surface area (Å²) in [7, 11) is 0. The highest BCUT2D eigenvalue weighted by molar-refractivity contribution is 7.11. The summed E-state index contributed by atoms with van der Waals surface area (Å²) in [5.74, 6) is 0. The quantitative estimate of drug-likeness (QED) is 0.919. The minimum Gasteiger partial charge on any atom is -0.324 e. The fraction of sp³-hybridized carbons (Fsp3) is 0.438. The molecule has 1 unspecified atom stereocenters. The molecule has 0 amide bonds. The maximum Gasteiger partial charge on any atom is 0.0949 e. The normalized spacial score (nSPS) is 12.7. The van der Waals surface area contributed by atoms with Crippen molar-refractivity contribution in [1.29, 1.82) is 0 Å². The van der Waals surface area contributed by atoms with Gasteiger partial charge in [0.15, 0.2) is 0 Å². The molecule has 0 saturated heterocycles. The van der Waals surface area contributed by atoms with Crippen LogP contribution in [0.15, 0.2) is 18.2 Å². The molecule has 0 saturated carbocycles. The van der Waals surface area contributed by atoms with Crippen molar-refractivity contribution in [2.75, 3.05) is 0 Å². The van der Waals surface area contributed by atoms with Crippen LogP contribution < -0.4 is 5.73 Å². The molecule has 1 aromatic carbocycles. The van der Waals surface area contributed by atoms with Gasteiger partial charge in [-0.25, -0.2) is 4.98 Å². The average molecular weight is 274 g/mol. The number of hydrogen-bond donors (Lipinski definition) is 1. The van der Waals surface area contributed by atoms with Crippen molar-refractivity contribution in [1.82, 2.24) is 4.98 Å². The molecule has 0 aliphatic heterocycles. The Labute approximate surface area is 119 Å². The van der Waals surface area contributed by atoms with Gasteiger partial charge >= 0.3 is 0 Å². The van der Waals surface area contributed by atoms with E-state index in [1.807, 2.05) is 0 Å². The summed E-state index contributed by atoms with van der Waals surface area (Å²) in [5, 5.41) is 1.15. The van der Waals surface area contributed by atoms with E-state index in [9.17, 15) is 0 Å². The van der Waals surface area contributed by atoms with Gasteiger partial charge in [0.2, 0.25) is 0 Å². The minimum absolute atomic E-state index is 0.0378. The molecular formula is C16H22N2S. The van der Waals surface area contributed by atoms with Crippen LogP contribution in [0.2, 0.25) is 0 Å². The number of aryl methyl sites for hydroxylation is 4. The summed E-state index contributed by atoms with van der Waals surface area (Å²) in [6, 6.07) is 6.51. The third-order valence-corrected chi connectivity index (χ3v) is 4.53. The molecule has 2 N–H and O–H groups in total. The Bertz CT molecular complexity index is 572. The van der Waals surface area contributed by atoms with Gasteiger partial charge < -0.3 is 5.73 Å². The topological polar surface area (TPSA) is 38.9 Å². The first-order valence-electron chi connectivity index (χ1n) is 6.79. The zero-order valence-corrected chi connectivity index (χ0v) is 13.0. The summed E-state index contributed by atoms with van der Waals surface area (Å²) in [5.41, 5.74) is 11.4. The third kappa shape index (κ3) is 3.23. The van der Waals surface area contributed by atoms with Crippen LogP contribution in [-0.2, 0) is 12.8 Å². The van der Waals surface area contributed by atoms with Crippen LogP contribution in [0.3, 0.4) is 0 Å². The highest BCUT2D eigenvalue weighted by atomic mass is 32.1. The second kappa shape index (κ2) is 5.85. The van der Waals surface area contributed by atoms with Crippen molar-refractivity contribution >= 4 is 11.3 Å². The van der Waals surface area contributed by atoms with Gasteiger partial charge in [-0.05, 0) is 38.3 Å². The van der Waals surface area contributed by atoms with Gasteiger partial charge in [-0.15, -0.1) is 11.3 Å². The lowest BCUT2D eigenvalue weighted by molar-refractivity contribution is 0.710. The molecule has 0 radical (unpaired) electrons. The predicted molar refractivity (Wildman–Crippen MR) is 82.8 cm³/mol. The number of hydrogen-bond acceptors (Lipinski definition) is 3. The van der Waals surface area contributed by atoms with Crippen LogP contribution in [0.5, 0.6) is 0 Å². The lowest BCUT2D eigenvalue weighted by Gasteiger charge is -2.14. The summed E-state index contributed by atoms with van der Waals surface area (Å²) < 4.78 is 0. The summed E-state index contributed by atoms with van der Waals surface area (Å²) in [6.45, 7) is 8.53. The van der Waals surface area contributed by atoms with Crippen LogP contribution in [0.25, 0.3) is 0 Å². The van der Waals surface area contributed by atoms with Crippen LogP contribution in [0, 0.1) is 20.8 Å². The summed E-state index contributed by atoms with van der Waals surface area (Å²) >= 11 is 1.78. The van der Waals surface area contributed by atoms with E-state index in [2.05, 4.69) is 50.9 Å². The first-order chi connectivity index (χ1) is 9.01. The van der Waals surface area contributed by atoms with Gasteiger partial charge in [0, 0.05) is 17.3 Å². The first-order valence-corrected chi connectivity index (χ1v) is 7.60. The van der Waals surface area contributed by atoms with E-state index in [1.54, 1.807) is 11.3 Å². The molecule has 0 spiro atoms. The molecule has 19 heavy (non-hydrogen) atoms. The molecule has 0 fully saturated rings. The maximum atomic E-state index is 6.35. The molecule has 0 aliphatic rings. The molecule has 3 heteroatoms. The van der Waals surface area contributed by atoms with Gasteiger partial charge in [0.05, 0.1) is 10.7 Å². The van der Waals surface area contributed by atoms with E-state index in [4.69, 9.17) is 5.73 Å². The summed E-state index contributed by atoms with van der Waals surface area (Å²) in [4.78, 5) is 6.00. The van der Waals surface area contributed by atoms with Gasteiger partial charge in [-0.1, -0.05) is 30.7 Å². The highest BCUT2D eigenvalue weighted by Gasteiger charge is 2.13. The van der Waals surface area contributed by atoms with Crippen LogP contribution in [0.1, 0.15) is 45.2 Å². The van der Waals surface area contributed by atoms with Gasteiger partial charge in [0.25, 0.3) is 0 Å². The lowest BCUT2D eigenvalue weighted by Crippen LogP contribution is -2.14. The zero-order valence-electron chi connectivity index (χ0n) is 12.2. The van der Waals surface area contributed by atoms with E-state index in [0.29, 0.717) is 0 Å². The fourth-order valence-electron chi connectivity index (χ4n) is 2.44. The van der Waals surface area contributed by atoms with Crippen molar-refractivity contribution in [3.8, 4) is 0 Å². The van der Waals surface area contributed by atoms with Crippen LogP contribution in [-0.4, -0.2) is 4.98 Å². The van der Waals surface area contributed by atoms with Crippen molar-refractivity contribution in [3.63, 3.8) is 0 Å². The van der Waals surface area contributed by atoms with Gasteiger partial charge in [-0.3, -0.25) is 0 Å². The van der Waals surface area contributed by atoms with Crippen molar-refractivity contribution in [2.24, 2.45) is 5.73 Å². The molecule has 1 atom stereocenters. The first kappa shape index (κ1) is 14.2. The summed E-state index contributed by atoms with van der Waals surface area (Å²) in [6.07, 6.45) is 1.83. The van der Waals surface area contributed by atoms with Gasteiger partial charge in [-0.2, -0.15) is 0 Å². The number of rotatable bonds is 4. The Morgan fingerprint density at radius 3 is 2.58 bits per heavy atom. The fourth-order valence-corrected chi connectivity index (χ4v) is 3.52. The Morgan fingerprint density at radius 2 is 2.00 bits per heavy atom. The largest absolute Gasteiger partial charge is 0.324 e. The maximum absolute atomic E-state index is 6.35. The highest BCUT2D eigenvalue weighted by Crippen LogP contribution is 2.25. The Hall–Kier alpha value is -1.19. The Balaban J connectivity index is 2.17. The Morgan fingerprint density at radius 1 is 1.26 bits per heavy atom. The van der Waals surface area contributed by atoms with Crippen molar-refractivity contribution in [3.05, 3.63) is 50.5 Å². The molecule has 2 aromatic rings. The second-order valence-electron chi connectivity index (χ2n) is 5.13. The SMILES string of the molecule is CCc1nc(CC(N)c2ccc(C)cc2C)sc1C. The molecule has 0 bridgehead atoms. The average Bonchev–Trinajstić information content (AvgIpc) is 2.69. The van der Waals surface area contributed by atoms with E-state index >= 15 is 0 Å². The van der Waals surface area contributed by atoms with E-state index in [0.717, 1.165) is 17.8 Å². The molecular weight excluding hydrogens is 252 g/mol. The molecule has 2 nitrogen and oxygen atoms in total. The Kier molecular flexibility index (Phi) is 4.38.